The summed E-state index contributed by atoms with van der Waals surface area (Å²) < 4.78 is 29.7. The van der Waals surface area contributed by atoms with Crippen LogP contribution < -0.4 is 5.56 Å². The minimum absolute atomic E-state index is 0.00523. The number of halogens is 3. The maximum Gasteiger partial charge on any atom is 0.355 e. The molecular formula is C9H8F2INO3. The van der Waals surface area contributed by atoms with Crippen molar-refractivity contribution in [1.29, 1.82) is 0 Å². The van der Waals surface area contributed by atoms with Gasteiger partial charge in [0.15, 0.2) is 0 Å². The quantitative estimate of drug-likeness (QED) is 0.676. The van der Waals surface area contributed by atoms with Crippen molar-refractivity contribution in [2.45, 2.75) is 13.3 Å². The van der Waals surface area contributed by atoms with Gasteiger partial charge >= 0.3 is 5.97 Å². The van der Waals surface area contributed by atoms with Gasteiger partial charge in [-0.15, -0.1) is 0 Å². The summed E-state index contributed by atoms with van der Waals surface area (Å²) >= 11 is 1.58. The molecule has 0 fully saturated rings. The molecule has 0 bridgehead atoms. The van der Waals surface area contributed by atoms with Crippen molar-refractivity contribution in [2.75, 3.05) is 6.61 Å². The van der Waals surface area contributed by atoms with E-state index in [-0.39, 0.29) is 15.9 Å². The maximum atomic E-state index is 12.5. The molecule has 0 radical (unpaired) electrons. The lowest BCUT2D eigenvalue weighted by atomic mass is 10.2. The molecule has 1 heterocycles. The topological polar surface area (TPSA) is 59.2 Å². The highest BCUT2D eigenvalue weighted by Gasteiger charge is 2.20. The molecule has 1 aromatic rings. The summed E-state index contributed by atoms with van der Waals surface area (Å²) in [7, 11) is 0. The summed E-state index contributed by atoms with van der Waals surface area (Å²) in [4.78, 5) is 24.6. The fourth-order valence-corrected chi connectivity index (χ4v) is 1.81. The fraction of sp³-hybridized carbons (Fsp3) is 0.333. The summed E-state index contributed by atoms with van der Waals surface area (Å²) in [6, 6.07) is 0.773. The lowest BCUT2D eigenvalue weighted by Crippen LogP contribution is -2.18. The molecule has 0 atom stereocenters. The van der Waals surface area contributed by atoms with E-state index >= 15 is 0 Å². The van der Waals surface area contributed by atoms with Crippen molar-refractivity contribution in [3.63, 3.8) is 0 Å². The highest BCUT2D eigenvalue weighted by Crippen LogP contribution is 2.24. The van der Waals surface area contributed by atoms with E-state index in [9.17, 15) is 18.4 Å². The first-order valence-electron chi connectivity index (χ1n) is 4.35. The molecule has 0 unspecified atom stereocenters. The maximum absolute atomic E-state index is 12.5. The molecule has 0 aliphatic rings. The van der Waals surface area contributed by atoms with Crippen LogP contribution in [-0.2, 0) is 4.74 Å². The summed E-state index contributed by atoms with van der Waals surface area (Å²) in [5, 5.41) is 0. The highest BCUT2D eigenvalue weighted by atomic mass is 127. The summed E-state index contributed by atoms with van der Waals surface area (Å²) in [6.07, 6.45) is -2.80. The van der Waals surface area contributed by atoms with Crippen LogP contribution in [0.1, 0.15) is 29.4 Å². The number of alkyl halides is 2. The van der Waals surface area contributed by atoms with Crippen LogP contribution in [0.2, 0.25) is 0 Å². The van der Waals surface area contributed by atoms with Gasteiger partial charge in [-0.25, -0.2) is 13.6 Å². The number of aromatic amines is 1. The van der Waals surface area contributed by atoms with Gasteiger partial charge in [0, 0.05) is 11.6 Å². The highest BCUT2D eigenvalue weighted by molar-refractivity contribution is 14.1. The Morgan fingerprint density at radius 2 is 2.25 bits per heavy atom. The third kappa shape index (κ3) is 2.77. The van der Waals surface area contributed by atoms with E-state index in [1.165, 1.54) is 0 Å². The molecule has 0 saturated carbocycles. The summed E-state index contributed by atoms with van der Waals surface area (Å²) in [5.41, 5.74) is -1.45. The number of aromatic nitrogens is 1. The van der Waals surface area contributed by atoms with Crippen molar-refractivity contribution in [1.82, 2.24) is 4.98 Å². The molecule has 88 valence electrons. The molecule has 0 aliphatic heterocycles. The van der Waals surface area contributed by atoms with Crippen LogP contribution in [0.5, 0.6) is 0 Å². The molecule has 0 spiro atoms. The molecule has 1 rings (SSSR count). The number of ether oxygens (including phenoxy) is 1. The molecule has 4 nitrogen and oxygen atoms in total. The standard InChI is InChI=1S/C9H8F2INO3/c1-2-16-9(15)7-6(12)4(8(10)11)3-5(14)13-7/h3,8H,2H2,1H3,(H,13,14). The van der Waals surface area contributed by atoms with E-state index in [1.54, 1.807) is 29.5 Å². The first kappa shape index (κ1) is 13.1. The lowest BCUT2D eigenvalue weighted by Gasteiger charge is -2.07. The molecule has 1 aromatic heterocycles. The SMILES string of the molecule is CCOC(=O)c1[nH]c(=O)cc(C(F)F)c1I. The van der Waals surface area contributed by atoms with Gasteiger partial charge in [-0.3, -0.25) is 4.79 Å². The Balaban J connectivity index is 3.29. The fourth-order valence-electron chi connectivity index (χ4n) is 1.07. The van der Waals surface area contributed by atoms with Crippen molar-refractivity contribution >= 4 is 28.6 Å². The Kier molecular flexibility index (Phi) is 4.39. The van der Waals surface area contributed by atoms with Gasteiger partial charge in [-0.2, -0.15) is 0 Å². The van der Waals surface area contributed by atoms with Gasteiger partial charge in [0.25, 0.3) is 6.43 Å². The Hall–Kier alpha value is -0.990. The summed E-state index contributed by atoms with van der Waals surface area (Å²) in [5.74, 6) is -0.813. The average molecular weight is 343 g/mol. The summed E-state index contributed by atoms with van der Waals surface area (Å²) in [6.45, 7) is 1.69. The second-order valence-corrected chi connectivity index (χ2v) is 3.88. The smallest absolute Gasteiger partial charge is 0.355 e. The van der Waals surface area contributed by atoms with Crippen LogP contribution in [0, 0.1) is 3.57 Å². The van der Waals surface area contributed by atoms with Crippen molar-refractivity contribution in [2.24, 2.45) is 0 Å². The Morgan fingerprint density at radius 3 is 2.75 bits per heavy atom. The van der Waals surface area contributed by atoms with Gasteiger partial charge in [0.05, 0.1) is 10.2 Å². The zero-order valence-corrected chi connectivity index (χ0v) is 10.4. The van der Waals surface area contributed by atoms with E-state index in [1.807, 2.05) is 0 Å². The molecule has 0 saturated heterocycles. The van der Waals surface area contributed by atoms with E-state index in [0.717, 1.165) is 6.07 Å². The monoisotopic (exact) mass is 343 g/mol. The van der Waals surface area contributed by atoms with E-state index in [0.29, 0.717) is 0 Å². The van der Waals surface area contributed by atoms with Crippen LogP contribution in [0.3, 0.4) is 0 Å². The van der Waals surface area contributed by atoms with Gasteiger partial charge in [0.2, 0.25) is 5.56 Å². The second kappa shape index (κ2) is 5.37. The molecule has 0 aromatic carbocycles. The number of pyridine rings is 1. The normalized spacial score (nSPS) is 10.6. The molecule has 0 amide bonds. The molecule has 0 aliphatic carbocycles. The number of esters is 1. The molecule has 16 heavy (non-hydrogen) atoms. The molecule has 7 heteroatoms. The number of hydrogen-bond donors (Lipinski definition) is 1. The van der Waals surface area contributed by atoms with Crippen LogP contribution in [0.4, 0.5) is 8.78 Å². The van der Waals surface area contributed by atoms with Gasteiger partial charge < -0.3 is 9.72 Å². The van der Waals surface area contributed by atoms with Crippen LogP contribution in [0.15, 0.2) is 10.9 Å². The average Bonchev–Trinajstić information content (AvgIpc) is 2.20. The lowest BCUT2D eigenvalue weighted by molar-refractivity contribution is 0.0517. The minimum Gasteiger partial charge on any atom is -0.461 e. The molecular weight excluding hydrogens is 335 g/mol. The van der Waals surface area contributed by atoms with E-state index in [4.69, 9.17) is 0 Å². The van der Waals surface area contributed by atoms with Crippen molar-refractivity contribution in [3.8, 4) is 0 Å². The van der Waals surface area contributed by atoms with Crippen LogP contribution in [0.25, 0.3) is 0 Å². The van der Waals surface area contributed by atoms with E-state index in [2.05, 4.69) is 9.72 Å². The number of nitrogens with one attached hydrogen (secondary N) is 1. The van der Waals surface area contributed by atoms with Crippen LogP contribution in [-0.4, -0.2) is 17.6 Å². The van der Waals surface area contributed by atoms with Crippen LogP contribution >= 0.6 is 22.6 Å². The van der Waals surface area contributed by atoms with Gasteiger partial charge in [-0.1, -0.05) is 0 Å². The third-order valence-electron chi connectivity index (χ3n) is 1.72. The predicted octanol–water partition coefficient (Wildman–Crippen LogP) is 2.09. The van der Waals surface area contributed by atoms with Crippen molar-refractivity contribution in [3.05, 3.63) is 31.2 Å². The van der Waals surface area contributed by atoms with E-state index < -0.39 is 23.5 Å². The Morgan fingerprint density at radius 1 is 1.62 bits per heavy atom. The number of H-pyrrole nitrogens is 1. The Labute approximate surface area is 103 Å². The van der Waals surface area contributed by atoms with Gasteiger partial charge in [0.1, 0.15) is 5.69 Å². The third-order valence-corrected chi connectivity index (χ3v) is 2.88. The minimum atomic E-state index is -2.80. The molecule has 1 N–H and O–H groups in total. The second-order valence-electron chi connectivity index (χ2n) is 2.80. The first-order chi connectivity index (χ1) is 7.47. The zero-order valence-electron chi connectivity index (χ0n) is 8.22. The number of hydrogen-bond acceptors (Lipinski definition) is 3. The number of rotatable bonds is 3. The number of carbonyl (C=O) groups excluding carboxylic acids is 1. The van der Waals surface area contributed by atoms with Gasteiger partial charge in [-0.05, 0) is 29.5 Å². The Bertz CT molecular complexity index is 459. The zero-order chi connectivity index (χ0) is 12.3. The first-order valence-corrected chi connectivity index (χ1v) is 5.43. The number of carbonyl (C=O) groups is 1. The largest absolute Gasteiger partial charge is 0.461 e. The van der Waals surface area contributed by atoms with Crippen molar-refractivity contribution < 1.29 is 18.3 Å². The predicted molar refractivity (Wildman–Crippen MR) is 60.7 cm³/mol.